The minimum atomic E-state index is -1.11. The van der Waals surface area contributed by atoms with E-state index in [-0.39, 0.29) is 24.4 Å². The van der Waals surface area contributed by atoms with Crippen LogP contribution in [0, 0.1) is 0 Å². The number of rotatable bonds is 8. The molecule has 3 amide bonds. The average Bonchev–Trinajstić information content (AvgIpc) is 3.38. The molecule has 0 saturated carbocycles. The Morgan fingerprint density at radius 2 is 1.63 bits per heavy atom. The third kappa shape index (κ3) is 8.89. The summed E-state index contributed by atoms with van der Waals surface area (Å²) in [6.45, 7) is 5.97. The smallest absolute Gasteiger partial charge is 0.338 e. The molecule has 3 aromatic rings. The van der Waals surface area contributed by atoms with Gasteiger partial charge in [0.05, 0.1) is 23.5 Å². The summed E-state index contributed by atoms with van der Waals surface area (Å²) in [6, 6.07) is 18.9. The van der Waals surface area contributed by atoms with Gasteiger partial charge in [-0.1, -0.05) is 41.9 Å². The maximum Gasteiger partial charge on any atom is 0.338 e. The number of hydrogen-bond donors (Lipinski definition) is 3. The molecule has 1 saturated heterocycles. The molecule has 1 aliphatic heterocycles. The highest BCUT2D eigenvalue weighted by Gasteiger charge is 2.27. The maximum absolute atomic E-state index is 13.3. The number of carbonyl (C=O) groups is 5. The number of ketones is 1. The molecule has 224 valence electrons. The Morgan fingerprint density at radius 1 is 0.930 bits per heavy atom. The maximum atomic E-state index is 13.3. The zero-order chi connectivity index (χ0) is 31.1. The van der Waals surface area contributed by atoms with Gasteiger partial charge in [-0.15, -0.1) is 0 Å². The fraction of sp³-hybridized carbons (Fsp3) is 0.281. The van der Waals surface area contributed by atoms with E-state index in [0.29, 0.717) is 34.9 Å². The van der Waals surface area contributed by atoms with Crippen LogP contribution in [-0.4, -0.2) is 54.2 Å². The second kappa shape index (κ2) is 13.5. The number of benzene rings is 3. The largest absolute Gasteiger partial charge is 0.456 e. The fourth-order valence-electron chi connectivity index (χ4n) is 4.44. The van der Waals surface area contributed by atoms with Gasteiger partial charge in [-0.05, 0) is 68.8 Å². The van der Waals surface area contributed by atoms with Crippen LogP contribution in [0.3, 0.4) is 0 Å². The third-order valence-corrected chi connectivity index (χ3v) is 6.71. The summed E-state index contributed by atoms with van der Waals surface area (Å²) in [6.07, 6.45) is 0.497. The van der Waals surface area contributed by atoms with Crippen molar-refractivity contribution < 1.29 is 28.7 Å². The average molecular weight is 605 g/mol. The van der Waals surface area contributed by atoms with Gasteiger partial charge < -0.3 is 25.6 Å². The zero-order valence-electron chi connectivity index (χ0n) is 24.1. The summed E-state index contributed by atoms with van der Waals surface area (Å²) in [4.78, 5) is 65.3. The number of amides is 3. The molecule has 10 nitrogen and oxygen atoms in total. The highest BCUT2D eigenvalue weighted by atomic mass is 35.5. The Bertz CT molecular complexity index is 1520. The van der Waals surface area contributed by atoms with Gasteiger partial charge in [-0.3, -0.25) is 19.2 Å². The Balaban J connectivity index is 1.47. The van der Waals surface area contributed by atoms with Gasteiger partial charge in [0.25, 0.3) is 0 Å². The fourth-order valence-corrected chi connectivity index (χ4v) is 4.61. The molecular formula is C32H33ClN4O6. The predicted molar refractivity (Wildman–Crippen MR) is 164 cm³/mol. The van der Waals surface area contributed by atoms with Crippen molar-refractivity contribution in [1.29, 1.82) is 0 Å². The molecule has 11 heteroatoms. The van der Waals surface area contributed by atoms with Gasteiger partial charge in [0.2, 0.25) is 5.91 Å². The zero-order valence-corrected chi connectivity index (χ0v) is 24.9. The molecule has 1 atom stereocenters. The van der Waals surface area contributed by atoms with E-state index in [1.807, 2.05) is 6.07 Å². The van der Waals surface area contributed by atoms with Crippen LogP contribution >= 0.6 is 11.6 Å². The Kier molecular flexibility index (Phi) is 9.82. The van der Waals surface area contributed by atoms with Gasteiger partial charge in [-0.2, -0.15) is 0 Å². The summed E-state index contributed by atoms with van der Waals surface area (Å²) >= 11 is 6.15. The van der Waals surface area contributed by atoms with Gasteiger partial charge in [0, 0.05) is 30.1 Å². The van der Waals surface area contributed by atoms with Crippen LogP contribution < -0.4 is 20.9 Å². The first-order valence-electron chi connectivity index (χ1n) is 13.7. The summed E-state index contributed by atoms with van der Waals surface area (Å²) in [5, 5.41) is 8.18. The van der Waals surface area contributed by atoms with Crippen molar-refractivity contribution in [2.75, 3.05) is 28.6 Å². The lowest BCUT2D eigenvalue weighted by Gasteiger charge is -2.22. The lowest BCUT2D eigenvalue weighted by molar-refractivity contribution is -0.137. The Hall–Kier alpha value is -4.70. The van der Waals surface area contributed by atoms with Crippen LogP contribution in [-0.2, 0) is 30.3 Å². The van der Waals surface area contributed by atoms with Crippen LogP contribution in [0.15, 0.2) is 72.8 Å². The lowest BCUT2D eigenvalue weighted by Crippen LogP contribution is -2.49. The standard InChI is InChI=1S/C32H33ClN4O6/c1-32(2,3)43-31(42)21-9-12-23(13-10-21)34-28(39)26(17-20-7-5-4-6-8-20)36-30(41)29(40)35-25-18-22(33)11-14-27(25)37-16-15-24(38)19-37/h4-14,18,26H,15-17,19H2,1-3H3,(H,34,39)(H,35,40)(H,36,41)/t26-/m0/s1. The molecule has 1 heterocycles. The van der Waals surface area contributed by atoms with E-state index in [1.54, 1.807) is 74.2 Å². The van der Waals surface area contributed by atoms with Crippen LogP contribution in [0.25, 0.3) is 0 Å². The van der Waals surface area contributed by atoms with Crippen LogP contribution in [0.5, 0.6) is 0 Å². The number of anilines is 3. The van der Waals surface area contributed by atoms with Crippen LogP contribution in [0.4, 0.5) is 17.1 Å². The van der Waals surface area contributed by atoms with E-state index in [0.717, 1.165) is 5.56 Å². The molecule has 3 aromatic carbocycles. The van der Waals surface area contributed by atoms with Gasteiger partial charge in [0.15, 0.2) is 5.78 Å². The number of hydrogen-bond acceptors (Lipinski definition) is 7. The number of carbonyl (C=O) groups excluding carboxylic acids is 5. The van der Waals surface area contributed by atoms with Crippen LogP contribution in [0.2, 0.25) is 5.02 Å². The summed E-state index contributed by atoms with van der Waals surface area (Å²) in [7, 11) is 0. The Morgan fingerprint density at radius 3 is 2.26 bits per heavy atom. The van der Waals surface area contributed by atoms with Crippen molar-refractivity contribution in [2.45, 2.75) is 45.3 Å². The van der Waals surface area contributed by atoms with Crippen molar-refractivity contribution in [1.82, 2.24) is 5.32 Å². The SMILES string of the molecule is CC(C)(C)OC(=O)c1ccc(NC(=O)[C@H](Cc2ccccc2)NC(=O)C(=O)Nc2cc(Cl)ccc2N2CCC(=O)C2)cc1. The molecule has 4 rings (SSSR count). The van der Waals surface area contributed by atoms with Gasteiger partial charge >= 0.3 is 17.8 Å². The molecule has 1 aliphatic rings. The molecule has 0 aromatic heterocycles. The molecule has 0 spiro atoms. The van der Waals surface area contributed by atoms with Crippen molar-refractivity contribution >= 4 is 58.1 Å². The summed E-state index contributed by atoms with van der Waals surface area (Å²) in [5.41, 5.74) is 1.65. The predicted octanol–water partition coefficient (Wildman–Crippen LogP) is 4.38. The van der Waals surface area contributed by atoms with E-state index in [1.165, 1.54) is 18.2 Å². The highest BCUT2D eigenvalue weighted by Crippen LogP contribution is 2.31. The number of Topliss-reactive ketones (excluding diaryl/α,β-unsaturated/α-hetero) is 1. The third-order valence-electron chi connectivity index (χ3n) is 6.47. The quantitative estimate of drug-likeness (QED) is 0.257. The first-order valence-corrected chi connectivity index (χ1v) is 14.1. The van der Waals surface area contributed by atoms with Crippen molar-refractivity contribution in [3.05, 3.63) is 88.9 Å². The monoisotopic (exact) mass is 604 g/mol. The summed E-state index contributed by atoms with van der Waals surface area (Å²) < 4.78 is 5.37. The van der Waals surface area contributed by atoms with Crippen molar-refractivity contribution in [3.8, 4) is 0 Å². The first-order chi connectivity index (χ1) is 20.4. The molecule has 3 N–H and O–H groups in total. The van der Waals surface area contributed by atoms with E-state index in [9.17, 15) is 24.0 Å². The molecule has 0 bridgehead atoms. The molecule has 1 fully saturated rings. The minimum absolute atomic E-state index is 0.0687. The van der Waals surface area contributed by atoms with Gasteiger partial charge in [0.1, 0.15) is 11.6 Å². The van der Waals surface area contributed by atoms with Gasteiger partial charge in [-0.25, -0.2) is 4.79 Å². The molecule has 0 aliphatic carbocycles. The van der Waals surface area contributed by atoms with E-state index >= 15 is 0 Å². The molecular weight excluding hydrogens is 572 g/mol. The Labute approximate surface area is 254 Å². The lowest BCUT2D eigenvalue weighted by atomic mass is 10.0. The second-order valence-electron chi connectivity index (χ2n) is 11.1. The number of ether oxygens (including phenoxy) is 1. The number of halogens is 1. The van der Waals surface area contributed by atoms with E-state index in [4.69, 9.17) is 16.3 Å². The number of nitrogens with zero attached hydrogens (tertiary/aromatic N) is 1. The topological polar surface area (TPSA) is 134 Å². The minimum Gasteiger partial charge on any atom is -0.456 e. The molecule has 0 unspecified atom stereocenters. The molecule has 43 heavy (non-hydrogen) atoms. The molecule has 0 radical (unpaired) electrons. The number of nitrogens with one attached hydrogen (secondary N) is 3. The van der Waals surface area contributed by atoms with E-state index < -0.39 is 35.3 Å². The van der Waals surface area contributed by atoms with Crippen LogP contribution in [0.1, 0.15) is 43.1 Å². The first kappa shape index (κ1) is 31.2. The summed E-state index contributed by atoms with van der Waals surface area (Å²) in [5.74, 6) is -3.01. The van der Waals surface area contributed by atoms with Crippen molar-refractivity contribution in [2.24, 2.45) is 0 Å². The van der Waals surface area contributed by atoms with Crippen molar-refractivity contribution in [3.63, 3.8) is 0 Å². The highest BCUT2D eigenvalue weighted by molar-refractivity contribution is 6.40. The number of esters is 1. The normalized spacial score (nSPS) is 13.7. The van der Waals surface area contributed by atoms with E-state index in [2.05, 4.69) is 16.0 Å². The second-order valence-corrected chi connectivity index (χ2v) is 11.5.